The van der Waals surface area contributed by atoms with Crippen LogP contribution in [0.3, 0.4) is 0 Å². The maximum Gasteiger partial charge on any atom is 0.290 e. The summed E-state index contributed by atoms with van der Waals surface area (Å²) < 4.78 is 0. The molecule has 1 rings (SSSR count). The molecule has 1 heterocycles. The third-order valence-electron chi connectivity index (χ3n) is 1.33. The zero-order valence-electron chi connectivity index (χ0n) is 5.92. The summed E-state index contributed by atoms with van der Waals surface area (Å²) >= 11 is 0. The minimum Gasteiger partial charge on any atom is -0.483 e. The predicted molar refractivity (Wildman–Crippen MR) is 38.8 cm³/mol. The van der Waals surface area contributed by atoms with E-state index in [0.717, 1.165) is 13.1 Å². The second-order valence-electron chi connectivity index (χ2n) is 2.21. The van der Waals surface area contributed by atoms with E-state index in [4.69, 9.17) is 15.6 Å². The normalized spacial score (nSPS) is 24.3. The summed E-state index contributed by atoms with van der Waals surface area (Å²) in [7, 11) is 0. The fraction of sp³-hybridized carbons (Fsp3) is 0.833. The minimum absolute atomic E-state index is 0.250. The average Bonchev–Trinajstić information content (AvgIpc) is 1.91. The molecule has 4 N–H and O–H groups in total. The van der Waals surface area contributed by atoms with Gasteiger partial charge in [0.25, 0.3) is 6.47 Å². The summed E-state index contributed by atoms with van der Waals surface area (Å²) in [6.07, 6.45) is 2.45. The molecule has 1 unspecified atom stereocenters. The molecule has 0 bridgehead atoms. The first kappa shape index (κ1) is 9.39. The van der Waals surface area contributed by atoms with Gasteiger partial charge in [-0.1, -0.05) is 0 Å². The van der Waals surface area contributed by atoms with Crippen LogP contribution in [0, 0.1) is 0 Å². The molecule has 4 heteroatoms. The van der Waals surface area contributed by atoms with Gasteiger partial charge in [0.15, 0.2) is 0 Å². The first-order valence-electron chi connectivity index (χ1n) is 3.35. The van der Waals surface area contributed by atoms with Gasteiger partial charge in [-0.25, -0.2) is 0 Å². The van der Waals surface area contributed by atoms with Crippen LogP contribution in [-0.2, 0) is 4.79 Å². The van der Waals surface area contributed by atoms with E-state index in [2.05, 4.69) is 5.32 Å². The second-order valence-corrected chi connectivity index (χ2v) is 2.21. The average molecular weight is 146 g/mol. The Morgan fingerprint density at radius 3 is 2.50 bits per heavy atom. The summed E-state index contributed by atoms with van der Waals surface area (Å²) in [5, 5.41) is 10.1. The molecule has 1 atom stereocenters. The van der Waals surface area contributed by atoms with Crippen molar-refractivity contribution < 1.29 is 9.90 Å². The fourth-order valence-electron chi connectivity index (χ4n) is 0.879. The van der Waals surface area contributed by atoms with Gasteiger partial charge in [0, 0.05) is 12.6 Å². The SMILES string of the molecule is NC1CCCNC1.O=CO. The van der Waals surface area contributed by atoms with Crippen LogP contribution in [0.15, 0.2) is 0 Å². The molecule has 0 aromatic carbocycles. The number of carbonyl (C=O) groups is 1. The number of hydrogen-bond donors (Lipinski definition) is 3. The van der Waals surface area contributed by atoms with Gasteiger partial charge >= 0.3 is 0 Å². The summed E-state index contributed by atoms with van der Waals surface area (Å²) in [6.45, 7) is 1.92. The third kappa shape index (κ3) is 5.53. The van der Waals surface area contributed by atoms with Crippen molar-refractivity contribution in [3.63, 3.8) is 0 Å². The standard InChI is InChI=1S/C5H12N2.CH2O2/c6-5-2-1-3-7-4-5;2-1-3/h5,7H,1-4,6H2;1H,(H,2,3). The van der Waals surface area contributed by atoms with Crippen LogP contribution in [0.5, 0.6) is 0 Å². The highest BCUT2D eigenvalue weighted by molar-refractivity contribution is 5.32. The number of carboxylic acid groups (broad SMARTS) is 1. The van der Waals surface area contributed by atoms with Gasteiger partial charge in [-0.05, 0) is 19.4 Å². The molecule has 0 aromatic heterocycles. The Kier molecular flexibility index (Phi) is 6.11. The first-order valence-corrected chi connectivity index (χ1v) is 3.35. The van der Waals surface area contributed by atoms with Crippen LogP contribution < -0.4 is 11.1 Å². The minimum atomic E-state index is -0.250. The van der Waals surface area contributed by atoms with E-state index in [1.54, 1.807) is 0 Å². The smallest absolute Gasteiger partial charge is 0.290 e. The number of rotatable bonds is 0. The maximum atomic E-state index is 8.36. The molecule has 1 saturated heterocycles. The molecule has 0 radical (unpaired) electrons. The molecule has 1 aliphatic heterocycles. The van der Waals surface area contributed by atoms with Crippen LogP contribution in [0.1, 0.15) is 12.8 Å². The molecule has 1 fully saturated rings. The molecular formula is C6H14N2O2. The molecule has 0 amide bonds. The lowest BCUT2D eigenvalue weighted by Crippen LogP contribution is -2.39. The molecule has 60 valence electrons. The van der Waals surface area contributed by atoms with Gasteiger partial charge in [0.05, 0.1) is 0 Å². The van der Waals surface area contributed by atoms with Crippen molar-refractivity contribution in [2.75, 3.05) is 13.1 Å². The number of piperidine rings is 1. The summed E-state index contributed by atoms with van der Waals surface area (Å²) in [5.41, 5.74) is 5.57. The number of nitrogens with one attached hydrogen (secondary N) is 1. The number of hydrogen-bond acceptors (Lipinski definition) is 3. The van der Waals surface area contributed by atoms with Crippen LogP contribution in [0.4, 0.5) is 0 Å². The van der Waals surface area contributed by atoms with Gasteiger partial charge in [0.1, 0.15) is 0 Å². The molecule has 0 spiro atoms. The Balaban J connectivity index is 0.000000236. The maximum absolute atomic E-state index is 8.36. The highest BCUT2D eigenvalue weighted by Gasteiger charge is 2.05. The van der Waals surface area contributed by atoms with E-state index < -0.39 is 0 Å². The van der Waals surface area contributed by atoms with E-state index in [1.165, 1.54) is 12.8 Å². The van der Waals surface area contributed by atoms with Crippen molar-refractivity contribution >= 4 is 6.47 Å². The zero-order chi connectivity index (χ0) is 7.82. The summed E-state index contributed by atoms with van der Waals surface area (Å²) in [6, 6.07) is 0.425. The molecule has 1 aliphatic rings. The molecule has 0 saturated carbocycles. The van der Waals surface area contributed by atoms with Gasteiger partial charge in [-0.3, -0.25) is 4.79 Å². The van der Waals surface area contributed by atoms with E-state index in [9.17, 15) is 0 Å². The van der Waals surface area contributed by atoms with Crippen molar-refractivity contribution in [3.8, 4) is 0 Å². The quantitative estimate of drug-likeness (QED) is 0.399. The van der Waals surface area contributed by atoms with Crippen molar-refractivity contribution in [2.24, 2.45) is 5.73 Å². The third-order valence-corrected chi connectivity index (χ3v) is 1.33. The van der Waals surface area contributed by atoms with Crippen LogP contribution in [-0.4, -0.2) is 30.7 Å². The van der Waals surface area contributed by atoms with Crippen molar-refractivity contribution in [1.29, 1.82) is 0 Å². The van der Waals surface area contributed by atoms with Crippen molar-refractivity contribution in [1.82, 2.24) is 5.32 Å². The lowest BCUT2D eigenvalue weighted by Gasteiger charge is -2.17. The zero-order valence-corrected chi connectivity index (χ0v) is 5.92. The van der Waals surface area contributed by atoms with Crippen LogP contribution in [0.25, 0.3) is 0 Å². The van der Waals surface area contributed by atoms with Gasteiger partial charge in [-0.2, -0.15) is 0 Å². The molecular weight excluding hydrogens is 132 g/mol. The lowest BCUT2D eigenvalue weighted by molar-refractivity contribution is -0.122. The predicted octanol–water partition coefficient (Wildman–Crippen LogP) is -0.602. The molecule has 4 nitrogen and oxygen atoms in total. The highest BCUT2D eigenvalue weighted by Crippen LogP contribution is 1.96. The Labute approximate surface area is 60.4 Å². The Morgan fingerprint density at radius 2 is 2.30 bits per heavy atom. The highest BCUT2D eigenvalue weighted by atomic mass is 16.3. The monoisotopic (exact) mass is 146 g/mol. The summed E-state index contributed by atoms with van der Waals surface area (Å²) in [4.78, 5) is 8.36. The van der Waals surface area contributed by atoms with Crippen LogP contribution in [0.2, 0.25) is 0 Å². The molecule has 0 aromatic rings. The van der Waals surface area contributed by atoms with Crippen LogP contribution >= 0.6 is 0 Å². The van der Waals surface area contributed by atoms with Gasteiger partial charge in [-0.15, -0.1) is 0 Å². The first-order chi connectivity index (χ1) is 4.81. The topological polar surface area (TPSA) is 75.3 Å². The Bertz CT molecular complexity index is 81.8. The van der Waals surface area contributed by atoms with Crippen molar-refractivity contribution in [3.05, 3.63) is 0 Å². The lowest BCUT2D eigenvalue weighted by atomic mass is 10.1. The Hall–Kier alpha value is -0.610. The van der Waals surface area contributed by atoms with E-state index in [1.807, 2.05) is 0 Å². The summed E-state index contributed by atoms with van der Waals surface area (Å²) in [5.74, 6) is 0. The number of nitrogens with two attached hydrogens (primary N) is 1. The fourth-order valence-corrected chi connectivity index (χ4v) is 0.879. The Morgan fingerprint density at radius 1 is 1.70 bits per heavy atom. The molecule has 10 heavy (non-hydrogen) atoms. The largest absolute Gasteiger partial charge is 0.483 e. The van der Waals surface area contributed by atoms with Crippen molar-refractivity contribution in [2.45, 2.75) is 18.9 Å². The van der Waals surface area contributed by atoms with E-state index in [-0.39, 0.29) is 6.47 Å². The van der Waals surface area contributed by atoms with E-state index >= 15 is 0 Å². The van der Waals surface area contributed by atoms with Gasteiger partial charge in [0.2, 0.25) is 0 Å². The molecule has 0 aliphatic carbocycles. The second kappa shape index (κ2) is 6.51. The van der Waals surface area contributed by atoms with Gasteiger partial charge < -0.3 is 16.2 Å². The van der Waals surface area contributed by atoms with E-state index in [0.29, 0.717) is 6.04 Å².